The van der Waals surface area contributed by atoms with Crippen LogP contribution in [-0.4, -0.2) is 22.2 Å². The lowest BCUT2D eigenvalue weighted by Crippen LogP contribution is -2.11. The van der Waals surface area contributed by atoms with E-state index in [1.165, 1.54) is 0 Å². The van der Waals surface area contributed by atoms with Crippen LogP contribution >= 0.6 is 0 Å². The third-order valence-corrected chi connectivity index (χ3v) is 1.86. The molecule has 0 bridgehead atoms. The maximum atomic E-state index is 11.1. The van der Waals surface area contributed by atoms with Gasteiger partial charge in [-0.3, -0.25) is 9.48 Å². The molecule has 2 heterocycles. The fourth-order valence-electron chi connectivity index (χ4n) is 1.25. The molecule has 2 rings (SSSR count). The highest BCUT2D eigenvalue weighted by molar-refractivity contribution is 5.95. The molecule has 0 saturated heterocycles. The molecule has 0 atom stereocenters. The van der Waals surface area contributed by atoms with Crippen molar-refractivity contribution >= 4 is 17.4 Å². The molecule has 12 heavy (non-hydrogen) atoms. The van der Waals surface area contributed by atoms with Gasteiger partial charge < -0.3 is 10.6 Å². The van der Waals surface area contributed by atoms with Crippen LogP contribution in [0.1, 0.15) is 6.42 Å². The SMILES string of the molecule is Cn1ncc2c1NCCC(=O)N2. The highest BCUT2D eigenvalue weighted by atomic mass is 16.1. The number of nitrogens with one attached hydrogen (secondary N) is 2. The lowest BCUT2D eigenvalue weighted by atomic mass is 10.4. The first-order chi connectivity index (χ1) is 5.77. The predicted molar refractivity (Wildman–Crippen MR) is 44.9 cm³/mol. The fourth-order valence-corrected chi connectivity index (χ4v) is 1.25. The van der Waals surface area contributed by atoms with Gasteiger partial charge in [0.15, 0.2) is 0 Å². The van der Waals surface area contributed by atoms with E-state index in [0.29, 0.717) is 13.0 Å². The van der Waals surface area contributed by atoms with Crippen LogP contribution in [0.25, 0.3) is 0 Å². The van der Waals surface area contributed by atoms with E-state index in [1.807, 2.05) is 7.05 Å². The van der Waals surface area contributed by atoms with Crippen LogP contribution in [-0.2, 0) is 11.8 Å². The lowest BCUT2D eigenvalue weighted by Gasteiger charge is -2.02. The molecule has 0 radical (unpaired) electrons. The number of rotatable bonds is 0. The van der Waals surface area contributed by atoms with Crippen molar-refractivity contribution < 1.29 is 4.79 Å². The van der Waals surface area contributed by atoms with Crippen molar-refractivity contribution in [2.75, 3.05) is 17.2 Å². The molecular formula is C7H10N4O. The summed E-state index contributed by atoms with van der Waals surface area (Å²) in [5.74, 6) is 0.912. The van der Waals surface area contributed by atoms with Crippen molar-refractivity contribution in [1.82, 2.24) is 9.78 Å². The van der Waals surface area contributed by atoms with Crippen molar-refractivity contribution in [3.63, 3.8) is 0 Å². The standard InChI is InChI=1S/C7H10N4O/c1-11-7-5(4-9-11)10-6(12)2-3-8-7/h4,8H,2-3H2,1H3,(H,10,12). The zero-order valence-corrected chi connectivity index (χ0v) is 6.79. The molecule has 1 aromatic heterocycles. The maximum Gasteiger partial charge on any atom is 0.226 e. The first kappa shape index (κ1) is 7.15. The fraction of sp³-hybridized carbons (Fsp3) is 0.429. The molecule has 5 nitrogen and oxygen atoms in total. The Kier molecular flexibility index (Phi) is 1.49. The monoisotopic (exact) mass is 166 g/mol. The van der Waals surface area contributed by atoms with Crippen LogP contribution in [0.15, 0.2) is 6.20 Å². The van der Waals surface area contributed by atoms with Crippen LogP contribution in [0.2, 0.25) is 0 Å². The van der Waals surface area contributed by atoms with Crippen LogP contribution in [0.3, 0.4) is 0 Å². The third-order valence-electron chi connectivity index (χ3n) is 1.86. The number of fused-ring (bicyclic) bond motifs is 1. The number of aromatic nitrogens is 2. The summed E-state index contributed by atoms with van der Waals surface area (Å²) < 4.78 is 1.71. The Morgan fingerprint density at radius 1 is 1.67 bits per heavy atom. The minimum Gasteiger partial charge on any atom is -0.368 e. The van der Waals surface area contributed by atoms with Crippen LogP contribution < -0.4 is 10.6 Å². The van der Waals surface area contributed by atoms with E-state index < -0.39 is 0 Å². The van der Waals surface area contributed by atoms with Crippen LogP contribution in [0.5, 0.6) is 0 Å². The quantitative estimate of drug-likeness (QED) is 0.577. The number of hydrogen-bond acceptors (Lipinski definition) is 3. The van der Waals surface area contributed by atoms with Gasteiger partial charge in [-0.25, -0.2) is 0 Å². The minimum absolute atomic E-state index is 0.0363. The Balaban J connectivity index is 2.39. The Hall–Kier alpha value is -1.52. The van der Waals surface area contributed by atoms with Gasteiger partial charge in [0.05, 0.1) is 6.20 Å². The van der Waals surface area contributed by atoms with Crippen molar-refractivity contribution in [2.24, 2.45) is 7.05 Å². The number of anilines is 2. The van der Waals surface area contributed by atoms with Gasteiger partial charge >= 0.3 is 0 Å². The molecule has 1 aliphatic rings. The van der Waals surface area contributed by atoms with Gasteiger partial charge in [0.1, 0.15) is 11.5 Å². The number of carbonyl (C=O) groups excluding carboxylic acids is 1. The van der Waals surface area contributed by atoms with Gasteiger partial charge in [-0.1, -0.05) is 0 Å². The Bertz CT molecular complexity index is 317. The first-order valence-electron chi connectivity index (χ1n) is 3.83. The summed E-state index contributed by atoms with van der Waals surface area (Å²) in [7, 11) is 1.84. The topological polar surface area (TPSA) is 59.0 Å². The maximum absolute atomic E-state index is 11.1. The van der Waals surface area contributed by atoms with Gasteiger partial charge in [-0.2, -0.15) is 5.10 Å². The summed E-state index contributed by atoms with van der Waals surface area (Å²) >= 11 is 0. The molecule has 0 unspecified atom stereocenters. The summed E-state index contributed by atoms with van der Waals surface area (Å²) in [4.78, 5) is 11.1. The smallest absolute Gasteiger partial charge is 0.226 e. The summed E-state index contributed by atoms with van der Waals surface area (Å²) in [6.45, 7) is 0.665. The molecule has 0 fully saturated rings. The first-order valence-corrected chi connectivity index (χ1v) is 3.83. The highest BCUT2D eigenvalue weighted by Crippen LogP contribution is 2.21. The molecule has 1 aliphatic heterocycles. The average molecular weight is 166 g/mol. The van der Waals surface area contributed by atoms with Crippen molar-refractivity contribution in [1.29, 1.82) is 0 Å². The molecule has 64 valence electrons. The molecule has 5 heteroatoms. The highest BCUT2D eigenvalue weighted by Gasteiger charge is 2.14. The molecule has 0 aromatic carbocycles. The second-order valence-corrected chi connectivity index (χ2v) is 2.76. The van der Waals surface area contributed by atoms with Crippen LogP contribution in [0.4, 0.5) is 11.5 Å². The lowest BCUT2D eigenvalue weighted by molar-refractivity contribution is -0.115. The van der Waals surface area contributed by atoms with Crippen molar-refractivity contribution in [3.05, 3.63) is 6.20 Å². The van der Waals surface area contributed by atoms with Gasteiger partial charge in [-0.05, 0) is 0 Å². The Morgan fingerprint density at radius 2 is 2.50 bits per heavy atom. The van der Waals surface area contributed by atoms with E-state index in [2.05, 4.69) is 15.7 Å². The summed E-state index contributed by atoms with van der Waals surface area (Å²) in [6.07, 6.45) is 2.15. The van der Waals surface area contributed by atoms with Crippen molar-refractivity contribution in [3.8, 4) is 0 Å². The number of carbonyl (C=O) groups is 1. The normalized spacial score (nSPS) is 15.9. The zero-order valence-electron chi connectivity index (χ0n) is 6.79. The summed E-state index contributed by atoms with van der Waals surface area (Å²) in [6, 6.07) is 0. The minimum atomic E-state index is 0.0363. The molecule has 0 saturated carbocycles. The molecule has 1 aromatic rings. The second kappa shape index (κ2) is 2.51. The summed E-state index contributed by atoms with van der Waals surface area (Å²) in [5.41, 5.74) is 0.764. The van der Waals surface area contributed by atoms with Crippen molar-refractivity contribution in [2.45, 2.75) is 6.42 Å². The van der Waals surface area contributed by atoms with E-state index in [1.54, 1.807) is 10.9 Å². The molecule has 2 N–H and O–H groups in total. The van der Waals surface area contributed by atoms with Crippen LogP contribution in [0, 0.1) is 0 Å². The Labute approximate surface area is 69.8 Å². The molecular weight excluding hydrogens is 156 g/mol. The number of aryl methyl sites for hydroxylation is 1. The molecule has 1 amide bonds. The number of nitrogens with zero attached hydrogens (tertiary/aromatic N) is 2. The van der Waals surface area contributed by atoms with E-state index >= 15 is 0 Å². The molecule has 0 aliphatic carbocycles. The number of hydrogen-bond donors (Lipinski definition) is 2. The van der Waals surface area contributed by atoms with Gasteiger partial charge in [0.2, 0.25) is 5.91 Å². The van der Waals surface area contributed by atoms with E-state index in [9.17, 15) is 4.79 Å². The predicted octanol–water partition coefficient (Wildman–Crippen LogP) is 0.174. The largest absolute Gasteiger partial charge is 0.368 e. The van der Waals surface area contributed by atoms with E-state index in [0.717, 1.165) is 11.5 Å². The average Bonchev–Trinajstić information content (AvgIpc) is 2.31. The van der Waals surface area contributed by atoms with Gasteiger partial charge in [0, 0.05) is 20.0 Å². The second-order valence-electron chi connectivity index (χ2n) is 2.76. The van der Waals surface area contributed by atoms with Gasteiger partial charge in [-0.15, -0.1) is 0 Å². The number of amides is 1. The Morgan fingerprint density at radius 3 is 3.33 bits per heavy atom. The van der Waals surface area contributed by atoms with E-state index in [4.69, 9.17) is 0 Å². The third kappa shape index (κ3) is 1.03. The molecule has 0 spiro atoms. The van der Waals surface area contributed by atoms with Gasteiger partial charge in [0.25, 0.3) is 0 Å². The summed E-state index contributed by atoms with van der Waals surface area (Å²) in [5, 5.41) is 9.89. The van der Waals surface area contributed by atoms with E-state index in [-0.39, 0.29) is 5.91 Å². The zero-order chi connectivity index (χ0) is 8.55.